The average Bonchev–Trinajstić information content (AvgIpc) is 2.80. The van der Waals surface area contributed by atoms with Crippen molar-refractivity contribution >= 4 is 18.4 Å². The molecule has 3 atom stereocenters. The summed E-state index contributed by atoms with van der Waals surface area (Å²) in [6.07, 6.45) is 4.84. The molecule has 0 aromatic rings. The van der Waals surface area contributed by atoms with Crippen LogP contribution in [0.3, 0.4) is 0 Å². The van der Waals surface area contributed by atoms with Crippen molar-refractivity contribution in [2.75, 3.05) is 19.7 Å². The van der Waals surface area contributed by atoms with Crippen molar-refractivity contribution in [1.82, 2.24) is 4.90 Å². The zero-order chi connectivity index (χ0) is 14.8. The molecule has 0 radical (unpaired) electrons. The normalized spacial score (nSPS) is 29.6. The molecule has 1 aliphatic carbocycles. The van der Waals surface area contributed by atoms with Gasteiger partial charge in [-0.1, -0.05) is 20.8 Å². The van der Waals surface area contributed by atoms with Crippen LogP contribution in [0.25, 0.3) is 0 Å². The summed E-state index contributed by atoms with van der Waals surface area (Å²) in [4.78, 5) is 13.2. The van der Waals surface area contributed by atoms with Gasteiger partial charge < -0.3 is 9.84 Å². The predicted molar refractivity (Wildman–Crippen MR) is 86.0 cm³/mol. The van der Waals surface area contributed by atoms with Crippen molar-refractivity contribution in [2.24, 2.45) is 11.3 Å². The van der Waals surface area contributed by atoms with E-state index < -0.39 is 5.97 Å². The van der Waals surface area contributed by atoms with Gasteiger partial charge in [-0.3, -0.25) is 9.69 Å². The fourth-order valence-electron chi connectivity index (χ4n) is 4.31. The summed E-state index contributed by atoms with van der Waals surface area (Å²) in [6.45, 7) is 9.92. The van der Waals surface area contributed by atoms with Crippen molar-refractivity contribution in [1.29, 1.82) is 0 Å². The number of hydrogen-bond donors (Lipinski definition) is 1. The van der Waals surface area contributed by atoms with E-state index in [1.165, 1.54) is 6.42 Å². The standard InChI is InChI=1S/C16H29NO3.ClH/c1-4-9-17(10-6-5-7-13(18)19)14-12-8-11-20-15(12)16(14,2)3;/h12,14-15H,4-11H2,1-3H3,(H,18,19);1H. The highest BCUT2D eigenvalue weighted by molar-refractivity contribution is 5.85. The van der Waals surface area contributed by atoms with E-state index in [0.717, 1.165) is 39.0 Å². The molecular weight excluding hydrogens is 290 g/mol. The summed E-state index contributed by atoms with van der Waals surface area (Å²) >= 11 is 0. The average molecular weight is 320 g/mol. The number of hydrogen-bond acceptors (Lipinski definition) is 3. The first-order valence-electron chi connectivity index (χ1n) is 8.06. The van der Waals surface area contributed by atoms with Crippen molar-refractivity contribution in [3.05, 3.63) is 0 Å². The molecule has 1 aliphatic heterocycles. The number of halogens is 1. The number of carboxylic acids is 1. The second kappa shape index (κ2) is 7.80. The van der Waals surface area contributed by atoms with Crippen LogP contribution in [0.2, 0.25) is 0 Å². The van der Waals surface area contributed by atoms with Gasteiger partial charge in [-0.25, -0.2) is 0 Å². The molecule has 0 bridgehead atoms. The summed E-state index contributed by atoms with van der Waals surface area (Å²) in [5, 5.41) is 8.72. The van der Waals surface area contributed by atoms with Gasteiger partial charge in [0.1, 0.15) is 0 Å². The lowest BCUT2D eigenvalue weighted by molar-refractivity contribution is -0.155. The first-order chi connectivity index (χ1) is 9.48. The number of fused-ring (bicyclic) bond motifs is 1. The van der Waals surface area contributed by atoms with E-state index in [2.05, 4.69) is 25.7 Å². The van der Waals surface area contributed by atoms with E-state index in [9.17, 15) is 4.79 Å². The highest BCUT2D eigenvalue weighted by atomic mass is 35.5. The van der Waals surface area contributed by atoms with Gasteiger partial charge in [0.25, 0.3) is 0 Å². The van der Waals surface area contributed by atoms with E-state index in [1.54, 1.807) is 0 Å². The topological polar surface area (TPSA) is 49.8 Å². The molecular formula is C16H30ClNO3. The third kappa shape index (κ3) is 3.91. The largest absolute Gasteiger partial charge is 0.481 e. The fraction of sp³-hybridized carbons (Fsp3) is 0.938. The van der Waals surface area contributed by atoms with Crippen LogP contribution in [-0.4, -0.2) is 47.8 Å². The van der Waals surface area contributed by atoms with Gasteiger partial charge in [-0.05, 0) is 38.8 Å². The van der Waals surface area contributed by atoms with Gasteiger partial charge >= 0.3 is 5.97 Å². The minimum atomic E-state index is -0.680. The molecule has 5 heteroatoms. The molecule has 1 heterocycles. The zero-order valence-corrected chi connectivity index (χ0v) is 14.3. The van der Waals surface area contributed by atoms with Crippen LogP contribution < -0.4 is 0 Å². The smallest absolute Gasteiger partial charge is 0.303 e. The molecule has 0 aromatic carbocycles. The zero-order valence-electron chi connectivity index (χ0n) is 13.5. The summed E-state index contributed by atoms with van der Waals surface area (Å²) in [5.74, 6) is 0.0105. The Kier molecular flexibility index (Phi) is 6.95. The lowest BCUT2D eigenvalue weighted by Crippen LogP contribution is -2.66. The predicted octanol–water partition coefficient (Wildman–Crippen LogP) is 3.19. The molecule has 4 nitrogen and oxygen atoms in total. The monoisotopic (exact) mass is 319 g/mol. The minimum Gasteiger partial charge on any atom is -0.481 e. The number of carbonyl (C=O) groups is 1. The van der Waals surface area contributed by atoms with Crippen molar-refractivity contribution in [2.45, 2.75) is 65.0 Å². The molecule has 1 N–H and O–H groups in total. The summed E-state index contributed by atoms with van der Waals surface area (Å²) in [6, 6.07) is 0.611. The Hall–Kier alpha value is -0.320. The molecule has 0 amide bonds. The van der Waals surface area contributed by atoms with E-state index in [4.69, 9.17) is 9.84 Å². The molecule has 0 spiro atoms. The Bertz CT molecular complexity index is 348. The van der Waals surface area contributed by atoms with Crippen molar-refractivity contribution in [3.63, 3.8) is 0 Å². The first-order valence-corrected chi connectivity index (χ1v) is 8.06. The number of rotatable bonds is 8. The van der Waals surface area contributed by atoms with Crippen LogP contribution in [-0.2, 0) is 9.53 Å². The van der Waals surface area contributed by atoms with Gasteiger partial charge in [-0.15, -0.1) is 12.4 Å². The van der Waals surface area contributed by atoms with Crippen LogP contribution in [0.15, 0.2) is 0 Å². The fourth-order valence-corrected chi connectivity index (χ4v) is 4.31. The summed E-state index contributed by atoms with van der Waals surface area (Å²) in [5.41, 5.74) is 0.239. The van der Waals surface area contributed by atoms with Gasteiger partial charge in [-0.2, -0.15) is 0 Å². The molecule has 0 aromatic heterocycles. The molecule has 3 unspecified atom stereocenters. The maximum absolute atomic E-state index is 10.6. The highest BCUT2D eigenvalue weighted by Gasteiger charge is 2.60. The highest BCUT2D eigenvalue weighted by Crippen LogP contribution is 2.54. The molecule has 124 valence electrons. The van der Waals surface area contributed by atoms with E-state index >= 15 is 0 Å². The molecule has 2 aliphatic rings. The van der Waals surface area contributed by atoms with Crippen LogP contribution >= 0.6 is 12.4 Å². The van der Waals surface area contributed by atoms with Crippen LogP contribution in [0.1, 0.15) is 52.9 Å². The number of carboxylic acid groups (broad SMARTS) is 1. The summed E-state index contributed by atoms with van der Waals surface area (Å²) in [7, 11) is 0. The second-order valence-electron chi connectivity index (χ2n) is 6.90. The van der Waals surface area contributed by atoms with Gasteiger partial charge in [0.15, 0.2) is 0 Å². The number of nitrogens with zero attached hydrogens (tertiary/aromatic N) is 1. The van der Waals surface area contributed by atoms with E-state index in [-0.39, 0.29) is 17.8 Å². The first kappa shape index (κ1) is 18.7. The Morgan fingerprint density at radius 2 is 2.05 bits per heavy atom. The SMILES string of the molecule is CCCN(CCCCC(=O)O)C1C2CCOC2C1(C)C.Cl. The number of unbranched alkanes of at least 4 members (excludes halogenated alkanes) is 1. The van der Waals surface area contributed by atoms with Crippen LogP contribution in [0.4, 0.5) is 0 Å². The molecule has 1 saturated heterocycles. The lowest BCUT2D eigenvalue weighted by atomic mass is 9.56. The number of aliphatic carboxylic acids is 1. The Morgan fingerprint density at radius 3 is 2.67 bits per heavy atom. The number of ether oxygens (including phenoxy) is 1. The van der Waals surface area contributed by atoms with Crippen LogP contribution in [0, 0.1) is 11.3 Å². The van der Waals surface area contributed by atoms with Gasteiger partial charge in [0, 0.05) is 30.4 Å². The van der Waals surface area contributed by atoms with Gasteiger partial charge in [0.05, 0.1) is 6.10 Å². The van der Waals surface area contributed by atoms with Gasteiger partial charge in [0.2, 0.25) is 0 Å². The molecule has 2 fully saturated rings. The quantitative estimate of drug-likeness (QED) is 0.698. The van der Waals surface area contributed by atoms with E-state index in [1.807, 2.05) is 0 Å². The third-order valence-electron chi connectivity index (χ3n) is 5.03. The lowest BCUT2D eigenvalue weighted by Gasteiger charge is -2.59. The second-order valence-corrected chi connectivity index (χ2v) is 6.90. The third-order valence-corrected chi connectivity index (χ3v) is 5.03. The molecule has 21 heavy (non-hydrogen) atoms. The molecule has 2 rings (SSSR count). The Labute approximate surface area is 134 Å². The Morgan fingerprint density at radius 1 is 1.33 bits per heavy atom. The maximum atomic E-state index is 10.6. The van der Waals surface area contributed by atoms with E-state index in [0.29, 0.717) is 24.5 Å². The van der Waals surface area contributed by atoms with Crippen molar-refractivity contribution < 1.29 is 14.6 Å². The molecule has 1 saturated carbocycles. The van der Waals surface area contributed by atoms with Crippen molar-refractivity contribution in [3.8, 4) is 0 Å². The van der Waals surface area contributed by atoms with Crippen LogP contribution in [0.5, 0.6) is 0 Å². The summed E-state index contributed by atoms with van der Waals surface area (Å²) < 4.78 is 5.88. The maximum Gasteiger partial charge on any atom is 0.303 e. The Balaban J connectivity index is 0.00000220. The minimum absolute atomic E-state index is 0.